The largest absolute Gasteiger partial charge is 0.377 e. The molecule has 90 valence electrons. The van der Waals surface area contributed by atoms with Crippen LogP contribution in [-0.2, 0) is 6.42 Å². The van der Waals surface area contributed by atoms with Crippen molar-refractivity contribution in [2.45, 2.75) is 33.2 Å². The fraction of sp³-hybridized carbons (Fsp3) is 0.333. The Morgan fingerprint density at radius 2 is 2.00 bits per heavy atom. The summed E-state index contributed by atoms with van der Waals surface area (Å²) >= 11 is 1.83. The van der Waals surface area contributed by atoms with Gasteiger partial charge in [0.05, 0.1) is 6.04 Å². The van der Waals surface area contributed by atoms with Gasteiger partial charge in [0.25, 0.3) is 0 Å². The van der Waals surface area contributed by atoms with Gasteiger partial charge in [-0.25, -0.2) is 0 Å². The SMILES string of the molecule is CCc1ccccc1NC(C)c1sccc1C. The molecule has 17 heavy (non-hydrogen) atoms. The Labute approximate surface area is 108 Å². The first kappa shape index (κ1) is 12.2. The smallest absolute Gasteiger partial charge is 0.0581 e. The molecule has 1 aromatic carbocycles. The molecule has 0 saturated heterocycles. The highest BCUT2D eigenvalue weighted by Gasteiger charge is 2.10. The number of hydrogen-bond donors (Lipinski definition) is 1. The first-order valence-corrected chi connectivity index (χ1v) is 6.98. The highest BCUT2D eigenvalue weighted by atomic mass is 32.1. The lowest BCUT2D eigenvalue weighted by molar-refractivity contribution is 0.893. The predicted octanol–water partition coefficient (Wildman–Crippen LogP) is 4.79. The Bertz CT molecular complexity index is 487. The minimum atomic E-state index is 0.377. The van der Waals surface area contributed by atoms with Gasteiger partial charge in [0, 0.05) is 10.6 Å². The number of anilines is 1. The summed E-state index contributed by atoms with van der Waals surface area (Å²) in [5.74, 6) is 0. The molecule has 0 saturated carbocycles. The number of aryl methyl sites for hydroxylation is 2. The summed E-state index contributed by atoms with van der Waals surface area (Å²) < 4.78 is 0. The van der Waals surface area contributed by atoms with Gasteiger partial charge in [-0.3, -0.25) is 0 Å². The van der Waals surface area contributed by atoms with E-state index in [1.807, 2.05) is 11.3 Å². The molecule has 1 atom stereocenters. The van der Waals surface area contributed by atoms with E-state index in [2.05, 4.69) is 61.8 Å². The van der Waals surface area contributed by atoms with Crippen LogP contribution < -0.4 is 5.32 Å². The molecule has 1 heterocycles. The van der Waals surface area contributed by atoms with Crippen LogP contribution in [0.1, 0.15) is 35.9 Å². The number of rotatable bonds is 4. The van der Waals surface area contributed by atoms with Crippen LogP contribution in [0.4, 0.5) is 5.69 Å². The zero-order valence-corrected chi connectivity index (χ0v) is 11.5. The lowest BCUT2D eigenvalue weighted by atomic mass is 10.1. The Kier molecular flexibility index (Phi) is 3.85. The van der Waals surface area contributed by atoms with Crippen molar-refractivity contribution in [1.29, 1.82) is 0 Å². The van der Waals surface area contributed by atoms with Crippen LogP contribution in [-0.4, -0.2) is 0 Å². The van der Waals surface area contributed by atoms with Crippen molar-refractivity contribution in [3.63, 3.8) is 0 Å². The molecule has 0 spiro atoms. The standard InChI is InChI=1S/C15H19NS/c1-4-13-7-5-6-8-14(13)16-12(3)15-11(2)9-10-17-15/h5-10,12,16H,4H2,1-3H3. The van der Waals surface area contributed by atoms with E-state index in [-0.39, 0.29) is 0 Å². The first-order valence-electron chi connectivity index (χ1n) is 6.10. The van der Waals surface area contributed by atoms with Crippen LogP contribution in [0.15, 0.2) is 35.7 Å². The third-order valence-electron chi connectivity index (χ3n) is 3.07. The summed E-state index contributed by atoms with van der Waals surface area (Å²) in [6.45, 7) is 6.60. The van der Waals surface area contributed by atoms with Crippen molar-refractivity contribution < 1.29 is 0 Å². The molecule has 0 aliphatic heterocycles. The molecular weight excluding hydrogens is 226 g/mol. The van der Waals surface area contributed by atoms with Gasteiger partial charge in [-0.05, 0) is 48.9 Å². The lowest BCUT2D eigenvalue weighted by Gasteiger charge is -2.17. The van der Waals surface area contributed by atoms with Crippen molar-refractivity contribution in [1.82, 2.24) is 0 Å². The van der Waals surface area contributed by atoms with Crippen molar-refractivity contribution >= 4 is 17.0 Å². The van der Waals surface area contributed by atoms with E-state index in [9.17, 15) is 0 Å². The van der Waals surface area contributed by atoms with Gasteiger partial charge in [0.15, 0.2) is 0 Å². The molecule has 0 radical (unpaired) electrons. The third kappa shape index (κ3) is 2.70. The normalized spacial score (nSPS) is 12.4. The number of hydrogen-bond acceptors (Lipinski definition) is 2. The van der Waals surface area contributed by atoms with E-state index in [0.29, 0.717) is 6.04 Å². The van der Waals surface area contributed by atoms with Crippen LogP contribution in [0.5, 0.6) is 0 Å². The molecule has 2 heteroatoms. The molecular formula is C15H19NS. The minimum Gasteiger partial charge on any atom is -0.377 e. The molecule has 0 fully saturated rings. The average Bonchev–Trinajstić information content (AvgIpc) is 2.76. The van der Waals surface area contributed by atoms with E-state index in [0.717, 1.165) is 6.42 Å². The summed E-state index contributed by atoms with van der Waals surface area (Å²) in [6.07, 6.45) is 1.07. The van der Waals surface area contributed by atoms with E-state index < -0.39 is 0 Å². The van der Waals surface area contributed by atoms with Crippen LogP contribution in [0.3, 0.4) is 0 Å². The molecule has 1 N–H and O–H groups in total. The fourth-order valence-corrected chi connectivity index (χ4v) is 3.03. The Morgan fingerprint density at radius 3 is 2.65 bits per heavy atom. The maximum atomic E-state index is 3.62. The Balaban J connectivity index is 2.18. The highest BCUT2D eigenvalue weighted by molar-refractivity contribution is 7.10. The molecule has 0 aliphatic rings. The lowest BCUT2D eigenvalue weighted by Crippen LogP contribution is -2.07. The molecule has 1 aromatic heterocycles. The second-order valence-electron chi connectivity index (χ2n) is 4.34. The first-order chi connectivity index (χ1) is 8.22. The van der Waals surface area contributed by atoms with Gasteiger partial charge in [0.1, 0.15) is 0 Å². The summed E-state index contributed by atoms with van der Waals surface area (Å²) in [5.41, 5.74) is 4.02. The van der Waals surface area contributed by atoms with Gasteiger partial charge in [-0.1, -0.05) is 25.1 Å². The van der Waals surface area contributed by atoms with Gasteiger partial charge in [-0.2, -0.15) is 0 Å². The summed E-state index contributed by atoms with van der Waals surface area (Å²) in [4.78, 5) is 1.43. The fourth-order valence-electron chi connectivity index (χ4n) is 2.10. The van der Waals surface area contributed by atoms with Gasteiger partial charge in [0.2, 0.25) is 0 Å². The second-order valence-corrected chi connectivity index (χ2v) is 5.29. The monoisotopic (exact) mass is 245 g/mol. The topological polar surface area (TPSA) is 12.0 Å². The molecule has 2 aromatic rings. The molecule has 0 amide bonds. The summed E-state index contributed by atoms with van der Waals surface area (Å²) in [5, 5.41) is 5.78. The molecule has 0 bridgehead atoms. The van der Waals surface area contributed by atoms with Crippen LogP contribution in [0.25, 0.3) is 0 Å². The Hall–Kier alpha value is -1.28. The van der Waals surface area contributed by atoms with Gasteiger partial charge < -0.3 is 5.32 Å². The molecule has 1 unspecified atom stereocenters. The number of thiophene rings is 1. The number of benzene rings is 1. The van der Waals surface area contributed by atoms with E-state index in [1.54, 1.807) is 0 Å². The number of nitrogens with one attached hydrogen (secondary N) is 1. The van der Waals surface area contributed by atoms with Crippen LogP contribution in [0.2, 0.25) is 0 Å². The van der Waals surface area contributed by atoms with Crippen LogP contribution in [0, 0.1) is 6.92 Å². The Morgan fingerprint density at radius 1 is 1.24 bits per heavy atom. The quantitative estimate of drug-likeness (QED) is 0.816. The number of para-hydroxylation sites is 1. The molecule has 0 aliphatic carbocycles. The molecule has 2 rings (SSSR count). The van der Waals surface area contributed by atoms with E-state index in [4.69, 9.17) is 0 Å². The van der Waals surface area contributed by atoms with Crippen molar-refractivity contribution in [3.05, 3.63) is 51.7 Å². The van der Waals surface area contributed by atoms with Gasteiger partial charge in [-0.15, -0.1) is 11.3 Å². The minimum absolute atomic E-state index is 0.377. The average molecular weight is 245 g/mol. The zero-order chi connectivity index (χ0) is 12.3. The van der Waals surface area contributed by atoms with E-state index >= 15 is 0 Å². The summed E-state index contributed by atoms with van der Waals surface area (Å²) in [6, 6.07) is 11.1. The zero-order valence-electron chi connectivity index (χ0n) is 10.7. The van der Waals surface area contributed by atoms with Crippen molar-refractivity contribution in [2.24, 2.45) is 0 Å². The van der Waals surface area contributed by atoms with Crippen molar-refractivity contribution in [2.75, 3.05) is 5.32 Å². The second kappa shape index (κ2) is 5.37. The molecule has 1 nitrogen and oxygen atoms in total. The predicted molar refractivity (Wildman–Crippen MR) is 76.9 cm³/mol. The van der Waals surface area contributed by atoms with Gasteiger partial charge >= 0.3 is 0 Å². The summed E-state index contributed by atoms with van der Waals surface area (Å²) in [7, 11) is 0. The maximum absolute atomic E-state index is 3.62. The third-order valence-corrected chi connectivity index (χ3v) is 4.27. The highest BCUT2D eigenvalue weighted by Crippen LogP contribution is 2.28. The van der Waals surface area contributed by atoms with Crippen molar-refractivity contribution in [3.8, 4) is 0 Å². The van der Waals surface area contributed by atoms with E-state index in [1.165, 1.54) is 21.7 Å². The van der Waals surface area contributed by atoms with Crippen LogP contribution >= 0.6 is 11.3 Å². The maximum Gasteiger partial charge on any atom is 0.0581 e.